The minimum Gasteiger partial charge on any atom is -0.486 e. The molecule has 0 saturated carbocycles. The van der Waals surface area contributed by atoms with Crippen molar-refractivity contribution >= 4 is 17.3 Å². The van der Waals surface area contributed by atoms with Crippen molar-refractivity contribution in [2.75, 3.05) is 50.5 Å². The highest BCUT2D eigenvalue weighted by atomic mass is 16.6. The van der Waals surface area contributed by atoms with Gasteiger partial charge in [0.25, 0.3) is 0 Å². The van der Waals surface area contributed by atoms with Gasteiger partial charge < -0.3 is 25.0 Å². The Morgan fingerprint density at radius 1 is 1.19 bits per heavy atom. The van der Waals surface area contributed by atoms with Crippen LogP contribution in [0.2, 0.25) is 0 Å². The molecule has 1 aromatic rings. The van der Waals surface area contributed by atoms with Crippen LogP contribution in [0.15, 0.2) is 12.1 Å². The van der Waals surface area contributed by atoms with Gasteiger partial charge in [0.05, 0.1) is 17.9 Å². The number of carbonyl (C=O) groups excluding carboxylic acids is 1. The molecule has 0 aromatic heterocycles. The van der Waals surface area contributed by atoms with Gasteiger partial charge in [0.2, 0.25) is 5.91 Å². The summed E-state index contributed by atoms with van der Waals surface area (Å²) < 4.78 is 11.1. The Morgan fingerprint density at radius 2 is 1.76 bits per heavy atom. The highest BCUT2D eigenvalue weighted by Crippen LogP contribution is 2.38. The first-order valence-electron chi connectivity index (χ1n) is 7.24. The summed E-state index contributed by atoms with van der Waals surface area (Å²) >= 11 is 0. The molecule has 0 saturated heterocycles. The number of anilines is 2. The predicted octanol–water partition coefficient (Wildman–Crippen LogP) is 1.34. The molecule has 2 rings (SSSR count). The van der Waals surface area contributed by atoms with Gasteiger partial charge in [0, 0.05) is 32.3 Å². The van der Waals surface area contributed by atoms with Crippen molar-refractivity contribution < 1.29 is 14.3 Å². The lowest BCUT2D eigenvalue weighted by Crippen LogP contribution is -2.39. The molecular formula is C15H23N3O3. The summed E-state index contributed by atoms with van der Waals surface area (Å²) in [5.41, 5.74) is 7.42. The summed E-state index contributed by atoms with van der Waals surface area (Å²) in [4.78, 5) is 15.8. The van der Waals surface area contributed by atoms with Crippen molar-refractivity contribution in [1.82, 2.24) is 4.90 Å². The average molecular weight is 293 g/mol. The van der Waals surface area contributed by atoms with Gasteiger partial charge in [-0.05, 0) is 13.8 Å². The van der Waals surface area contributed by atoms with Crippen LogP contribution in [-0.2, 0) is 4.79 Å². The summed E-state index contributed by atoms with van der Waals surface area (Å²) in [6.45, 7) is 6.70. The van der Waals surface area contributed by atoms with Gasteiger partial charge in [0.1, 0.15) is 13.2 Å². The van der Waals surface area contributed by atoms with Crippen molar-refractivity contribution in [2.45, 2.75) is 13.8 Å². The van der Waals surface area contributed by atoms with E-state index in [2.05, 4.69) is 0 Å². The Kier molecular flexibility index (Phi) is 4.77. The zero-order valence-corrected chi connectivity index (χ0v) is 12.9. The second kappa shape index (κ2) is 6.56. The van der Waals surface area contributed by atoms with E-state index in [-0.39, 0.29) is 12.5 Å². The molecule has 1 heterocycles. The Bertz CT molecular complexity index is 515. The first-order chi connectivity index (χ1) is 10.1. The van der Waals surface area contributed by atoms with E-state index in [1.807, 2.05) is 31.9 Å². The number of hydrogen-bond acceptors (Lipinski definition) is 5. The van der Waals surface area contributed by atoms with Gasteiger partial charge in [-0.25, -0.2) is 0 Å². The molecule has 0 spiro atoms. The van der Waals surface area contributed by atoms with E-state index in [4.69, 9.17) is 15.2 Å². The molecule has 0 bridgehead atoms. The smallest absolute Gasteiger partial charge is 0.242 e. The molecule has 0 unspecified atom stereocenters. The topological polar surface area (TPSA) is 68.0 Å². The number of likely N-dealkylation sites (N-methyl/N-ethyl adjacent to an activating group) is 2. The standard InChI is InChI=1S/C15H23N3O3/c1-4-18(5-2)15(19)10-17(3)12-9-14-13(8-11(12)16)20-6-7-21-14/h8-9H,4-7,10,16H2,1-3H3. The van der Waals surface area contributed by atoms with E-state index in [1.165, 1.54) is 0 Å². The average Bonchev–Trinajstić information content (AvgIpc) is 2.47. The van der Waals surface area contributed by atoms with Crippen LogP contribution in [-0.4, -0.2) is 50.7 Å². The lowest BCUT2D eigenvalue weighted by atomic mass is 10.2. The number of nitrogen functional groups attached to an aromatic ring is 1. The molecule has 2 N–H and O–H groups in total. The molecule has 6 heteroatoms. The number of carbonyl (C=O) groups is 1. The highest BCUT2D eigenvalue weighted by Gasteiger charge is 2.19. The number of hydrogen-bond donors (Lipinski definition) is 1. The van der Waals surface area contributed by atoms with Crippen molar-refractivity contribution in [3.8, 4) is 11.5 Å². The van der Waals surface area contributed by atoms with Gasteiger partial charge in [0.15, 0.2) is 11.5 Å². The third-order valence-corrected chi connectivity index (χ3v) is 3.59. The molecule has 0 fully saturated rings. The minimum absolute atomic E-state index is 0.0804. The van der Waals surface area contributed by atoms with Crippen molar-refractivity contribution in [3.05, 3.63) is 12.1 Å². The Morgan fingerprint density at radius 3 is 2.33 bits per heavy atom. The number of amides is 1. The van der Waals surface area contributed by atoms with E-state index in [1.54, 1.807) is 11.0 Å². The monoisotopic (exact) mass is 293 g/mol. The van der Waals surface area contributed by atoms with Crippen molar-refractivity contribution in [1.29, 1.82) is 0 Å². The predicted molar refractivity (Wildman–Crippen MR) is 83.0 cm³/mol. The first kappa shape index (κ1) is 15.3. The second-order valence-electron chi connectivity index (χ2n) is 4.98. The van der Waals surface area contributed by atoms with Crippen LogP contribution in [0.1, 0.15) is 13.8 Å². The van der Waals surface area contributed by atoms with Crippen LogP contribution in [0.4, 0.5) is 11.4 Å². The van der Waals surface area contributed by atoms with Crippen LogP contribution in [0, 0.1) is 0 Å². The highest BCUT2D eigenvalue weighted by molar-refractivity contribution is 5.83. The summed E-state index contributed by atoms with van der Waals surface area (Å²) in [6, 6.07) is 3.58. The summed E-state index contributed by atoms with van der Waals surface area (Å²) in [5, 5.41) is 0. The minimum atomic E-state index is 0.0804. The molecule has 1 aliphatic heterocycles. The number of benzene rings is 1. The molecule has 116 valence electrons. The van der Waals surface area contributed by atoms with Gasteiger partial charge >= 0.3 is 0 Å². The zero-order chi connectivity index (χ0) is 15.4. The summed E-state index contributed by atoms with van der Waals surface area (Å²) in [5.74, 6) is 1.41. The van der Waals surface area contributed by atoms with Crippen LogP contribution < -0.4 is 20.1 Å². The quantitative estimate of drug-likeness (QED) is 0.830. The van der Waals surface area contributed by atoms with Crippen molar-refractivity contribution in [2.24, 2.45) is 0 Å². The molecule has 0 aliphatic carbocycles. The van der Waals surface area contributed by atoms with Crippen LogP contribution >= 0.6 is 0 Å². The zero-order valence-electron chi connectivity index (χ0n) is 12.9. The largest absolute Gasteiger partial charge is 0.486 e. The van der Waals surface area contributed by atoms with E-state index in [0.29, 0.717) is 43.5 Å². The van der Waals surface area contributed by atoms with Gasteiger partial charge in [-0.15, -0.1) is 0 Å². The van der Waals surface area contributed by atoms with E-state index >= 15 is 0 Å². The maximum Gasteiger partial charge on any atom is 0.242 e. The number of rotatable bonds is 5. The molecule has 0 radical (unpaired) electrons. The fraction of sp³-hybridized carbons (Fsp3) is 0.533. The first-order valence-corrected chi connectivity index (χ1v) is 7.24. The molecule has 21 heavy (non-hydrogen) atoms. The molecule has 1 aliphatic rings. The van der Waals surface area contributed by atoms with E-state index in [0.717, 1.165) is 5.69 Å². The maximum atomic E-state index is 12.2. The van der Waals surface area contributed by atoms with Crippen LogP contribution in [0.3, 0.4) is 0 Å². The SMILES string of the molecule is CCN(CC)C(=O)CN(C)c1cc2c(cc1N)OCCO2. The number of nitrogens with zero attached hydrogens (tertiary/aromatic N) is 2. The fourth-order valence-corrected chi connectivity index (χ4v) is 2.39. The van der Waals surface area contributed by atoms with E-state index < -0.39 is 0 Å². The Hall–Kier alpha value is -2.11. The normalized spacial score (nSPS) is 12.9. The lowest BCUT2D eigenvalue weighted by molar-refractivity contribution is -0.129. The third kappa shape index (κ3) is 3.32. The maximum absolute atomic E-state index is 12.2. The van der Waals surface area contributed by atoms with Crippen LogP contribution in [0.25, 0.3) is 0 Å². The van der Waals surface area contributed by atoms with Gasteiger partial charge in [-0.3, -0.25) is 4.79 Å². The van der Waals surface area contributed by atoms with Gasteiger partial charge in [-0.2, -0.15) is 0 Å². The van der Waals surface area contributed by atoms with Gasteiger partial charge in [-0.1, -0.05) is 0 Å². The molecule has 6 nitrogen and oxygen atoms in total. The summed E-state index contributed by atoms with van der Waals surface area (Å²) in [6.07, 6.45) is 0. The number of fused-ring (bicyclic) bond motifs is 1. The van der Waals surface area contributed by atoms with Crippen LogP contribution in [0.5, 0.6) is 11.5 Å². The Labute approximate surface area is 125 Å². The summed E-state index contributed by atoms with van der Waals surface area (Å²) in [7, 11) is 1.85. The van der Waals surface area contributed by atoms with E-state index in [9.17, 15) is 4.79 Å². The van der Waals surface area contributed by atoms with Crippen molar-refractivity contribution in [3.63, 3.8) is 0 Å². The molecule has 1 aromatic carbocycles. The second-order valence-corrected chi connectivity index (χ2v) is 4.98. The lowest BCUT2D eigenvalue weighted by Gasteiger charge is -2.27. The number of nitrogens with two attached hydrogens (primary N) is 1. The fourth-order valence-electron chi connectivity index (χ4n) is 2.39. The molecule has 1 amide bonds. The Balaban J connectivity index is 2.15. The number of ether oxygens (including phenoxy) is 2. The molecule has 0 atom stereocenters. The third-order valence-electron chi connectivity index (χ3n) is 3.59. The molecular weight excluding hydrogens is 270 g/mol.